The Labute approximate surface area is 141 Å². The van der Waals surface area contributed by atoms with Crippen LogP contribution in [0.2, 0.25) is 0 Å². The van der Waals surface area contributed by atoms with Crippen molar-refractivity contribution in [2.75, 3.05) is 0 Å². The van der Waals surface area contributed by atoms with E-state index in [2.05, 4.69) is 53.3 Å². The van der Waals surface area contributed by atoms with E-state index in [0.717, 1.165) is 5.56 Å². The zero-order valence-electron chi connectivity index (χ0n) is 14.3. The molecule has 3 aromatic rings. The lowest BCUT2D eigenvalue weighted by Crippen LogP contribution is -2.27. The van der Waals surface area contributed by atoms with E-state index in [9.17, 15) is 4.79 Å². The Morgan fingerprint density at radius 3 is 2.54 bits per heavy atom. The standard InChI is InChI=1S/C18H21N5O/c1-12(13-6-8-14(9-7-13)18(2,3)4)20-16(24)15-21-17-19-10-5-11-23(17)22-15/h5-12H,1-4H3,(H,20,24)/t12-/m0/s1. The van der Waals surface area contributed by atoms with Crippen LogP contribution in [0.5, 0.6) is 0 Å². The Hall–Kier alpha value is -2.76. The highest BCUT2D eigenvalue weighted by atomic mass is 16.2. The van der Waals surface area contributed by atoms with Crippen LogP contribution in [-0.4, -0.2) is 25.5 Å². The molecule has 2 heterocycles. The van der Waals surface area contributed by atoms with Crippen molar-refractivity contribution < 1.29 is 4.79 Å². The topological polar surface area (TPSA) is 72.2 Å². The predicted octanol–water partition coefficient (Wildman–Crippen LogP) is 2.91. The van der Waals surface area contributed by atoms with E-state index >= 15 is 0 Å². The molecule has 0 aliphatic rings. The van der Waals surface area contributed by atoms with Crippen LogP contribution in [0.4, 0.5) is 0 Å². The SMILES string of the molecule is C[C@H](NC(=O)c1nc2ncccn2n1)c1ccc(C(C)(C)C)cc1. The lowest BCUT2D eigenvalue weighted by molar-refractivity contribution is 0.0929. The van der Waals surface area contributed by atoms with Crippen LogP contribution < -0.4 is 5.32 Å². The van der Waals surface area contributed by atoms with Gasteiger partial charge in [-0.15, -0.1) is 5.10 Å². The number of carbonyl (C=O) groups is 1. The maximum Gasteiger partial charge on any atom is 0.291 e. The van der Waals surface area contributed by atoms with Crippen LogP contribution >= 0.6 is 0 Å². The zero-order chi connectivity index (χ0) is 17.3. The minimum atomic E-state index is -0.312. The Bertz CT molecular complexity index is 828. The minimum absolute atomic E-state index is 0.110. The molecule has 24 heavy (non-hydrogen) atoms. The molecular formula is C18H21N5O. The highest BCUT2D eigenvalue weighted by molar-refractivity contribution is 5.91. The van der Waals surface area contributed by atoms with Crippen molar-refractivity contribution in [2.24, 2.45) is 0 Å². The first-order valence-corrected chi connectivity index (χ1v) is 7.93. The quantitative estimate of drug-likeness (QED) is 0.804. The van der Waals surface area contributed by atoms with Gasteiger partial charge in [0.15, 0.2) is 0 Å². The molecule has 2 aromatic heterocycles. The Balaban J connectivity index is 1.74. The van der Waals surface area contributed by atoms with Gasteiger partial charge in [-0.05, 0) is 29.5 Å². The maximum absolute atomic E-state index is 12.3. The molecule has 0 saturated heterocycles. The second kappa shape index (κ2) is 6.03. The molecule has 6 nitrogen and oxygen atoms in total. The number of aromatic nitrogens is 4. The third-order valence-corrected chi connectivity index (χ3v) is 3.94. The van der Waals surface area contributed by atoms with Crippen molar-refractivity contribution in [3.63, 3.8) is 0 Å². The Morgan fingerprint density at radius 2 is 1.92 bits per heavy atom. The molecule has 0 aliphatic heterocycles. The minimum Gasteiger partial charge on any atom is -0.343 e. The zero-order valence-corrected chi connectivity index (χ0v) is 14.3. The fourth-order valence-corrected chi connectivity index (χ4v) is 2.45. The number of fused-ring (bicyclic) bond motifs is 1. The number of amides is 1. The van der Waals surface area contributed by atoms with Crippen LogP contribution in [-0.2, 0) is 5.41 Å². The molecule has 1 aromatic carbocycles. The monoisotopic (exact) mass is 323 g/mol. The summed E-state index contributed by atoms with van der Waals surface area (Å²) >= 11 is 0. The second-order valence-corrected chi connectivity index (χ2v) is 6.87. The summed E-state index contributed by atoms with van der Waals surface area (Å²) in [6.07, 6.45) is 3.33. The van der Waals surface area contributed by atoms with Crippen LogP contribution in [0.1, 0.15) is 55.5 Å². The number of nitrogens with one attached hydrogen (secondary N) is 1. The summed E-state index contributed by atoms with van der Waals surface area (Å²) in [6, 6.07) is 9.90. The normalized spacial score (nSPS) is 13.0. The van der Waals surface area contributed by atoms with Gasteiger partial charge in [-0.25, -0.2) is 9.50 Å². The molecule has 6 heteroatoms. The largest absolute Gasteiger partial charge is 0.343 e. The molecule has 1 amide bonds. The smallest absolute Gasteiger partial charge is 0.291 e. The maximum atomic E-state index is 12.3. The van der Waals surface area contributed by atoms with Crippen molar-refractivity contribution in [3.8, 4) is 0 Å². The predicted molar refractivity (Wildman–Crippen MR) is 91.8 cm³/mol. The van der Waals surface area contributed by atoms with Crippen LogP contribution in [0.15, 0.2) is 42.7 Å². The van der Waals surface area contributed by atoms with E-state index in [0.29, 0.717) is 5.78 Å². The molecule has 0 fully saturated rings. The Kier molecular flexibility index (Phi) is 4.05. The molecule has 0 spiro atoms. The lowest BCUT2D eigenvalue weighted by Gasteiger charge is -2.20. The van der Waals surface area contributed by atoms with Crippen molar-refractivity contribution in [1.82, 2.24) is 24.9 Å². The third-order valence-electron chi connectivity index (χ3n) is 3.94. The summed E-state index contributed by atoms with van der Waals surface area (Å²) in [5.74, 6) is 0.213. The van der Waals surface area contributed by atoms with Gasteiger partial charge in [0.1, 0.15) is 0 Å². The van der Waals surface area contributed by atoms with Crippen molar-refractivity contribution in [3.05, 3.63) is 59.7 Å². The molecule has 124 valence electrons. The number of nitrogens with zero attached hydrogens (tertiary/aromatic N) is 4. The molecule has 1 atom stereocenters. The van der Waals surface area contributed by atoms with Gasteiger partial charge in [-0.1, -0.05) is 45.0 Å². The molecule has 3 rings (SSSR count). The van der Waals surface area contributed by atoms with E-state index in [1.54, 1.807) is 18.5 Å². The number of rotatable bonds is 3. The molecule has 0 aliphatic carbocycles. The van der Waals surface area contributed by atoms with Gasteiger partial charge in [0.2, 0.25) is 5.82 Å². The average molecular weight is 323 g/mol. The van der Waals surface area contributed by atoms with E-state index in [1.165, 1.54) is 10.1 Å². The molecule has 0 bridgehead atoms. The van der Waals surface area contributed by atoms with Gasteiger partial charge in [-0.2, -0.15) is 4.98 Å². The van der Waals surface area contributed by atoms with Gasteiger partial charge < -0.3 is 5.32 Å². The number of hydrogen-bond donors (Lipinski definition) is 1. The summed E-state index contributed by atoms with van der Waals surface area (Å²) in [5.41, 5.74) is 2.41. The van der Waals surface area contributed by atoms with E-state index in [1.807, 2.05) is 19.1 Å². The molecule has 0 unspecified atom stereocenters. The lowest BCUT2D eigenvalue weighted by atomic mass is 9.86. The number of hydrogen-bond acceptors (Lipinski definition) is 4. The van der Waals surface area contributed by atoms with Crippen LogP contribution in [0.25, 0.3) is 5.78 Å². The van der Waals surface area contributed by atoms with Gasteiger partial charge in [0.25, 0.3) is 11.7 Å². The summed E-state index contributed by atoms with van der Waals surface area (Å²) in [7, 11) is 0. The molecular weight excluding hydrogens is 302 g/mol. The molecule has 0 saturated carbocycles. The highest BCUT2D eigenvalue weighted by Crippen LogP contribution is 2.23. The van der Waals surface area contributed by atoms with Gasteiger partial charge >= 0.3 is 0 Å². The van der Waals surface area contributed by atoms with Gasteiger partial charge in [0, 0.05) is 12.4 Å². The summed E-state index contributed by atoms with van der Waals surface area (Å²) in [6.45, 7) is 8.47. The molecule has 0 radical (unpaired) electrons. The van der Waals surface area contributed by atoms with Crippen LogP contribution in [0, 0.1) is 0 Å². The van der Waals surface area contributed by atoms with E-state index < -0.39 is 0 Å². The number of benzene rings is 1. The molecule has 1 N–H and O–H groups in total. The fourth-order valence-electron chi connectivity index (χ4n) is 2.45. The van der Waals surface area contributed by atoms with Crippen molar-refractivity contribution >= 4 is 11.7 Å². The number of carbonyl (C=O) groups excluding carboxylic acids is 1. The van der Waals surface area contributed by atoms with E-state index in [-0.39, 0.29) is 23.2 Å². The summed E-state index contributed by atoms with van der Waals surface area (Å²) < 4.78 is 1.48. The van der Waals surface area contributed by atoms with Gasteiger partial charge in [-0.3, -0.25) is 4.79 Å². The second-order valence-electron chi connectivity index (χ2n) is 6.87. The van der Waals surface area contributed by atoms with E-state index in [4.69, 9.17) is 0 Å². The third kappa shape index (κ3) is 3.27. The van der Waals surface area contributed by atoms with Crippen molar-refractivity contribution in [1.29, 1.82) is 0 Å². The summed E-state index contributed by atoms with van der Waals surface area (Å²) in [4.78, 5) is 20.5. The fraction of sp³-hybridized carbons (Fsp3) is 0.333. The van der Waals surface area contributed by atoms with Gasteiger partial charge in [0.05, 0.1) is 6.04 Å². The highest BCUT2D eigenvalue weighted by Gasteiger charge is 2.18. The average Bonchev–Trinajstić information content (AvgIpc) is 2.98. The Morgan fingerprint density at radius 1 is 1.21 bits per heavy atom. The first-order valence-electron chi connectivity index (χ1n) is 7.93. The first kappa shape index (κ1) is 16.1. The van der Waals surface area contributed by atoms with Crippen molar-refractivity contribution in [2.45, 2.75) is 39.2 Å². The summed E-state index contributed by atoms with van der Waals surface area (Å²) in [5, 5.41) is 7.06. The first-order chi connectivity index (χ1) is 11.3. The van der Waals surface area contributed by atoms with Crippen LogP contribution in [0.3, 0.4) is 0 Å².